The maximum absolute atomic E-state index is 12.1. The number of nitrogens with one attached hydrogen (secondary N) is 1. The molecule has 0 saturated carbocycles. The lowest BCUT2D eigenvalue weighted by Gasteiger charge is -2.24. The molecule has 1 aliphatic rings. The van der Waals surface area contributed by atoms with Crippen LogP contribution in [-0.4, -0.2) is 29.0 Å². The molecule has 7 heteroatoms. The van der Waals surface area contributed by atoms with Crippen LogP contribution >= 0.6 is 0 Å². The maximum Gasteiger partial charge on any atom is 0.407 e. The molecule has 0 saturated heterocycles. The van der Waals surface area contributed by atoms with Crippen molar-refractivity contribution in [3.63, 3.8) is 0 Å². The maximum atomic E-state index is 12.1. The first-order valence-corrected chi connectivity index (χ1v) is 8.76. The topological polar surface area (TPSA) is 82.5 Å². The molecule has 2 aromatic rings. The summed E-state index contributed by atoms with van der Waals surface area (Å²) in [4.78, 5) is 23.5. The third kappa shape index (κ3) is 4.41. The number of hydrogen-bond donors (Lipinski definition) is 1. The number of fused-ring (bicyclic) bond motifs is 1. The molecule has 0 spiro atoms. The SMILES string of the molecule is COC(=O)CCn1ncc2c1CCCC2NC(=O)OCc1ccccc1. The van der Waals surface area contributed by atoms with E-state index in [1.807, 2.05) is 35.0 Å². The highest BCUT2D eigenvalue weighted by Crippen LogP contribution is 2.29. The van der Waals surface area contributed by atoms with Gasteiger partial charge in [0, 0.05) is 11.3 Å². The highest BCUT2D eigenvalue weighted by Gasteiger charge is 2.26. The zero-order valence-electron chi connectivity index (χ0n) is 14.8. The molecule has 0 fully saturated rings. The van der Waals surface area contributed by atoms with E-state index in [-0.39, 0.29) is 25.0 Å². The summed E-state index contributed by atoms with van der Waals surface area (Å²) in [5.74, 6) is -0.260. The normalized spacial score (nSPS) is 15.8. The van der Waals surface area contributed by atoms with E-state index in [1.165, 1.54) is 7.11 Å². The van der Waals surface area contributed by atoms with E-state index >= 15 is 0 Å². The molecule has 1 amide bonds. The van der Waals surface area contributed by atoms with Gasteiger partial charge in [0.05, 0.1) is 32.3 Å². The highest BCUT2D eigenvalue weighted by molar-refractivity contribution is 5.69. The van der Waals surface area contributed by atoms with E-state index in [0.29, 0.717) is 6.54 Å². The smallest absolute Gasteiger partial charge is 0.407 e. The largest absolute Gasteiger partial charge is 0.469 e. The first-order valence-electron chi connectivity index (χ1n) is 8.76. The number of aromatic nitrogens is 2. The Labute approximate surface area is 152 Å². The van der Waals surface area contributed by atoms with Gasteiger partial charge in [-0.2, -0.15) is 5.10 Å². The average molecular weight is 357 g/mol. The van der Waals surface area contributed by atoms with Gasteiger partial charge in [-0.25, -0.2) is 4.79 Å². The number of carbonyl (C=O) groups excluding carboxylic acids is 2. The lowest BCUT2D eigenvalue weighted by molar-refractivity contribution is -0.140. The van der Waals surface area contributed by atoms with Crippen LogP contribution in [0, 0.1) is 0 Å². The second kappa shape index (κ2) is 8.51. The Morgan fingerprint density at radius 2 is 2.12 bits per heavy atom. The highest BCUT2D eigenvalue weighted by atomic mass is 16.5. The van der Waals surface area contributed by atoms with Crippen LogP contribution in [-0.2, 0) is 33.8 Å². The Morgan fingerprint density at radius 3 is 2.88 bits per heavy atom. The summed E-state index contributed by atoms with van der Waals surface area (Å²) in [6.45, 7) is 0.720. The first-order chi connectivity index (χ1) is 12.7. The molecule has 0 bridgehead atoms. The molecule has 1 aliphatic carbocycles. The van der Waals surface area contributed by atoms with E-state index < -0.39 is 6.09 Å². The molecule has 1 aromatic heterocycles. The van der Waals surface area contributed by atoms with Crippen LogP contribution in [0.1, 0.15) is 42.1 Å². The van der Waals surface area contributed by atoms with Gasteiger partial charge in [0.15, 0.2) is 0 Å². The van der Waals surface area contributed by atoms with Crippen molar-refractivity contribution in [2.45, 2.75) is 44.9 Å². The number of ether oxygens (including phenoxy) is 2. The van der Waals surface area contributed by atoms with E-state index in [9.17, 15) is 9.59 Å². The summed E-state index contributed by atoms with van der Waals surface area (Å²) >= 11 is 0. The van der Waals surface area contributed by atoms with Crippen LogP contribution < -0.4 is 5.32 Å². The van der Waals surface area contributed by atoms with Crippen molar-refractivity contribution in [2.24, 2.45) is 0 Å². The quantitative estimate of drug-likeness (QED) is 0.804. The Hall–Kier alpha value is -2.83. The molecule has 1 atom stereocenters. The average Bonchev–Trinajstić information content (AvgIpc) is 3.09. The second-order valence-electron chi connectivity index (χ2n) is 6.25. The fourth-order valence-corrected chi connectivity index (χ4v) is 3.17. The number of esters is 1. The van der Waals surface area contributed by atoms with Crippen molar-refractivity contribution < 1.29 is 19.1 Å². The number of carbonyl (C=O) groups is 2. The van der Waals surface area contributed by atoms with Gasteiger partial charge >= 0.3 is 12.1 Å². The monoisotopic (exact) mass is 357 g/mol. The van der Waals surface area contributed by atoms with Crippen molar-refractivity contribution in [1.29, 1.82) is 0 Å². The fraction of sp³-hybridized carbons (Fsp3) is 0.421. The summed E-state index contributed by atoms with van der Waals surface area (Å²) in [6, 6.07) is 9.45. The lowest BCUT2D eigenvalue weighted by atomic mass is 9.93. The molecule has 1 heterocycles. The summed E-state index contributed by atoms with van der Waals surface area (Å²) in [6.07, 6.45) is 4.29. The summed E-state index contributed by atoms with van der Waals surface area (Å²) in [5.41, 5.74) is 3.01. The fourth-order valence-electron chi connectivity index (χ4n) is 3.17. The number of aryl methyl sites for hydroxylation is 1. The number of benzene rings is 1. The predicted octanol–water partition coefficient (Wildman–Crippen LogP) is 2.75. The van der Waals surface area contributed by atoms with Gasteiger partial charge < -0.3 is 14.8 Å². The van der Waals surface area contributed by atoms with Crippen molar-refractivity contribution in [2.75, 3.05) is 7.11 Å². The van der Waals surface area contributed by atoms with E-state index in [4.69, 9.17) is 4.74 Å². The summed E-state index contributed by atoms with van der Waals surface area (Å²) in [5, 5.41) is 7.30. The van der Waals surface area contributed by atoms with E-state index in [1.54, 1.807) is 6.20 Å². The predicted molar refractivity (Wildman–Crippen MR) is 94.3 cm³/mol. The Morgan fingerprint density at radius 1 is 1.31 bits per heavy atom. The molecular weight excluding hydrogens is 334 g/mol. The molecule has 138 valence electrons. The van der Waals surface area contributed by atoms with Gasteiger partial charge in [-0.1, -0.05) is 30.3 Å². The molecule has 0 aliphatic heterocycles. The number of methoxy groups -OCH3 is 1. The molecule has 7 nitrogen and oxygen atoms in total. The van der Waals surface area contributed by atoms with E-state index in [0.717, 1.165) is 36.1 Å². The lowest BCUT2D eigenvalue weighted by Crippen LogP contribution is -2.31. The zero-order valence-corrected chi connectivity index (χ0v) is 14.8. The minimum atomic E-state index is -0.436. The van der Waals surface area contributed by atoms with Crippen LogP contribution in [0.2, 0.25) is 0 Å². The molecule has 0 radical (unpaired) electrons. The molecule has 1 N–H and O–H groups in total. The van der Waals surface area contributed by atoms with E-state index in [2.05, 4.69) is 15.2 Å². The van der Waals surface area contributed by atoms with Crippen molar-refractivity contribution in [1.82, 2.24) is 15.1 Å². The van der Waals surface area contributed by atoms with Crippen molar-refractivity contribution in [3.05, 3.63) is 53.3 Å². The van der Waals surface area contributed by atoms with Crippen LogP contribution in [0.5, 0.6) is 0 Å². The standard InChI is InChI=1S/C19H23N3O4/c1-25-18(23)10-11-22-17-9-5-8-16(15(17)12-20-22)21-19(24)26-13-14-6-3-2-4-7-14/h2-4,6-7,12,16H,5,8-11,13H2,1H3,(H,21,24). The number of rotatable bonds is 6. The molecule has 1 aromatic carbocycles. The Kier molecular flexibility index (Phi) is 5.88. The minimum absolute atomic E-state index is 0.117. The first kappa shape index (κ1) is 18.0. The third-order valence-corrected chi connectivity index (χ3v) is 4.52. The number of amides is 1. The number of alkyl carbamates (subject to hydrolysis) is 1. The van der Waals surface area contributed by atoms with Gasteiger partial charge in [0.1, 0.15) is 6.61 Å². The van der Waals surface area contributed by atoms with Gasteiger partial charge in [0.2, 0.25) is 0 Å². The van der Waals surface area contributed by atoms with Crippen LogP contribution in [0.4, 0.5) is 4.79 Å². The summed E-state index contributed by atoms with van der Waals surface area (Å²) in [7, 11) is 1.38. The summed E-state index contributed by atoms with van der Waals surface area (Å²) < 4.78 is 11.8. The Bertz CT molecular complexity index is 757. The second-order valence-corrected chi connectivity index (χ2v) is 6.25. The van der Waals surface area contributed by atoms with Gasteiger partial charge in [-0.3, -0.25) is 9.48 Å². The van der Waals surface area contributed by atoms with Crippen LogP contribution in [0.15, 0.2) is 36.5 Å². The Balaban J connectivity index is 1.58. The van der Waals surface area contributed by atoms with Gasteiger partial charge in [-0.15, -0.1) is 0 Å². The minimum Gasteiger partial charge on any atom is -0.469 e. The number of hydrogen-bond acceptors (Lipinski definition) is 5. The van der Waals surface area contributed by atoms with Crippen LogP contribution in [0.25, 0.3) is 0 Å². The molecule has 3 rings (SSSR count). The van der Waals surface area contributed by atoms with Crippen molar-refractivity contribution >= 4 is 12.1 Å². The van der Waals surface area contributed by atoms with Gasteiger partial charge in [0.25, 0.3) is 0 Å². The van der Waals surface area contributed by atoms with Crippen molar-refractivity contribution in [3.8, 4) is 0 Å². The van der Waals surface area contributed by atoms with Gasteiger partial charge in [-0.05, 0) is 24.8 Å². The number of nitrogens with zero attached hydrogens (tertiary/aromatic N) is 2. The van der Waals surface area contributed by atoms with Crippen LogP contribution in [0.3, 0.4) is 0 Å². The molecule has 26 heavy (non-hydrogen) atoms. The molecular formula is C19H23N3O4. The molecule has 1 unspecified atom stereocenters. The third-order valence-electron chi connectivity index (χ3n) is 4.52. The zero-order chi connectivity index (χ0) is 18.4.